The Morgan fingerprint density at radius 3 is 2.67 bits per heavy atom. The molecule has 1 unspecified atom stereocenters. The van der Waals surface area contributed by atoms with Crippen LogP contribution < -0.4 is 0 Å². The molecule has 1 aromatic heterocycles. The standard InChI is InChI=1S/C14H15N3O/c1-3-4-10(2)13-16-14(18-17-13)12-7-5-11(9-15)6-8-12/h5-8,10H,3-4H2,1-2H3. The summed E-state index contributed by atoms with van der Waals surface area (Å²) in [6.07, 6.45) is 2.15. The third-order valence-electron chi connectivity index (χ3n) is 2.87. The van der Waals surface area contributed by atoms with Crippen molar-refractivity contribution < 1.29 is 4.52 Å². The lowest BCUT2D eigenvalue weighted by atomic mass is 10.1. The maximum absolute atomic E-state index is 8.73. The van der Waals surface area contributed by atoms with Crippen LogP contribution in [0.2, 0.25) is 0 Å². The van der Waals surface area contributed by atoms with E-state index in [-0.39, 0.29) is 0 Å². The third-order valence-corrected chi connectivity index (χ3v) is 2.87. The van der Waals surface area contributed by atoms with Crippen LogP contribution in [0.1, 0.15) is 44.0 Å². The fraction of sp³-hybridized carbons (Fsp3) is 0.357. The zero-order valence-corrected chi connectivity index (χ0v) is 10.6. The molecule has 1 aromatic carbocycles. The molecule has 18 heavy (non-hydrogen) atoms. The van der Waals surface area contributed by atoms with Crippen LogP contribution in [0.4, 0.5) is 0 Å². The first kappa shape index (κ1) is 12.3. The van der Waals surface area contributed by atoms with Gasteiger partial charge in [-0.15, -0.1) is 0 Å². The van der Waals surface area contributed by atoms with E-state index >= 15 is 0 Å². The fourth-order valence-corrected chi connectivity index (χ4v) is 1.80. The van der Waals surface area contributed by atoms with E-state index in [2.05, 4.69) is 30.1 Å². The smallest absolute Gasteiger partial charge is 0.257 e. The van der Waals surface area contributed by atoms with Gasteiger partial charge in [-0.05, 0) is 30.7 Å². The highest BCUT2D eigenvalue weighted by atomic mass is 16.5. The molecule has 0 spiro atoms. The summed E-state index contributed by atoms with van der Waals surface area (Å²) in [5.74, 6) is 1.57. The molecule has 0 fully saturated rings. The largest absolute Gasteiger partial charge is 0.334 e. The Balaban J connectivity index is 2.21. The predicted octanol–water partition coefficient (Wildman–Crippen LogP) is 3.51. The van der Waals surface area contributed by atoms with Crippen molar-refractivity contribution in [1.29, 1.82) is 5.26 Å². The second-order valence-corrected chi connectivity index (χ2v) is 4.34. The molecule has 0 saturated carbocycles. The van der Waals surface area contributed by atoms with Crippen molar-refractivity contribution in [1.82, 2.24) is 10.1 Å². The number of nitrogens with zero attached hydrogens (tertiary/aromatic N) is 3. The van der Waals surface area contributed by atoms with Gasteiger partial charge in [0.25, 0.3) is 5.89 Å². The predicted molar refractivity (Wildman–Crippen MR) is 67.8 cm³/mol. The molecule has 0 radical (unpaired) electrons. The number of aromatic nitrogens is 2. The summed E-state index contributed by atoms with van der Waals surface area (Å²) in [4.78, 5) is 4.39. The second-order valence-electron chi connectivity index (χ2n) is 4.34. The summed E-state index contributed by atoms with van der Waals surface area (Å²) in [5, 5.41) is 12.7. The van der Waals surface area contributed by atoms with E-state index in [0.29, 0.717) is 17.4 Å². The molecule has 1 heterocycles. The van der Waals surface area contributed by atoms with E-state index in [0.717, 1.165) is 24.2 Å². The first-order valence-corrected chi connectivity index (χ1v) is 6.08. The second kappa shape index (κ2) is 5.46. The minimum Gasteiger partial charge on any atom is -0.334 e. The Morgan fingerprint density at radius 2 is 2.06 bits per heavy atom. The number of nitriles is 1. The minimum absolute atomic E-state index is 0.311. The van der Waals surface area contributed by atoms with Crippen LogP contribution in [-0.2, 0) is 0 Å². The van der Waals surface area contributed by atoms with Gasteiger partial charge < -0.3 is 4.52 Å². The molecule has 0 N–H and O–H groups in total. The van der Waals surface area contributed by atoms with Crippen LogP contribution in [0.25, 0.3) is 11.5 Å². The quantitative estimate of drug-likeness (QED) is 0.821. The van der Waals surface area contributed by atoms with Crippen LogP contribution in [0.5, 0.6) is 0 Å². The van der Waals surface area contributed by atoms with Crippen molar-refractivity contribution in [3.8, 4) is 17.5 Å². The number of hydrogen-bond acceptors (Lipinski definition) is 4. The molecule has 0 aliphatic heterocycles. The van der Waals surface area contributed by atoms with Crippen LogP contribution in [-0.4, -0.2) is 10.1 Å². The molecule has 0 saturated heterocycles. The average Bonchev–Trinajstić information content (AvgIpc) is 2.89. The Morgan fingerprint density at radius 1 is 1.33 bits per heavy atom. The molecule has 0 aliphatic rings. The van der Waals surface area contributed by atoms with Gasteiger partial charge in [-0.25, -0.2) is 0 Å². The lowest BCUT2D eigenvalue weighted by molar-refractivity contribution is 0.415. The van der Waals surface area contributed by atoms with Crippen molar-refractivity contribution in [2.75, 3.05) is 0 Å². The summed E-state index contributed by atoms with van der Waals surface area (Å²) in [6, 6.07) is 9.21. The highest BCUT2D eigenvalue weighted by Crippen LogP contribution is 2.22. The summed E-state index contributed by atoms with van der Waals surface area (Å²) in [7, 11) is 0. The van der Waals surface area contributed by atoms with Crippen LogP contribution in [0.15, 0.2) is 28.8 Å². The van der Waals surface area contributed by atoms with Crippen molar-refractivity contribution in [2.45, 2.75) is 32.6 Å². The van der Waals surface area contributed by atoms with Crippen molar-refractivity contribution >= 4 is 0 Å². The van der Waals surface area contributed by atoms with Crippen molar-refractivity contribution in [3.05, 3.63) is 35.7 Å². The number of benzene rings is 1. The van der Waals surface area contributed by atoms with E-state index in [1.54, 1.807) is 12.1 Å². The molecule has 2 aromatic rings. The minimum atomic E-state index is 0.311. The molecule has 92 valence electrons. The molecule has 1 atom stereocenters. The van der Waals surface area contributed by atoms with Gasteiger partial charge in [-0.3, -0.25) is 0 Å². The first-order valence-electron chi connectivity index (χ1n) is 6.08. The van der Waals surface area contributed by atoms with Crippen molar-refractivity contribution in [3.63, 3.8) is 0 Å². The summed E-state index contributed by atoms with van der Waals surface area (Å²) >= 11 is 0. The van der Waals surface area contributed by atoms with E-state index < -0.39 is 0 Å². The Hall–Kier alpha value is -2.15. The first-order chi connectivity index (χ1) is 8.74. The van der Waals surface area contributed by atoms with Gasteiger partial charge in [0, 0.05) is 11.5 Å². The topological polar surface area (TPSA) is 62.7 Å². The lowest BCUT2D eigenvalue weighted by Crippen LogP contribution is -1.95. The number of rotatable bonds is 4. The molecule has 0 bridgehead atoms. The molecule has 4 heteroatoms. The van der Waals surface area contributed by atoms with Gasteiger partial charge in [0.05, 0.1) is 11.6 Å². The Labute approximate surface area is 106 Å². The third kappa shape index (κ3) is 2.57. The van der Waals surface area contributed by atoms with E-state index in [1.165, 1.54) is 0 Å². The van der Waals surface area contributed by atoms with Crippen LogP contribution in [0.3, 0.4) is 0 Å². The normalized spacial score (nSPS) is 12.1. The fourth-order valence-electron chi connectivity index (χ4n) is 1.80. The molecule has 0 aliphatic carbocycles. The van der Waals surface area contributed by atoms with Gasteiger partial charge in [-0.2, -0.15) is 10.2 Å². The zero-order chi connectivity index (χ0) is 13.0. The van der Waals surface area contributed by atoms with Crippen LogP contribution in [0, 0.1) is 11.3 Å². The average molecular weight is 241 g/mol. The molecular formula is C14H15N3O. The van der Waals surface area contributed by atoms with E-state index in [4.69, 9.17) is 9.78 Å². The van der Waals surface area contributed by atoms with Gasteiger partial charge in [-0.1, -0.05) is 25.4 Å². The van der Waals surface area contributed by atoms with Gasteiger partial charge in [0.15, 0.2) is 5.82 Å². The Bertz CT molecular complexity index is 551. The lowest BCUT2D eigenvalue weighted by Gasteiger charge is -2.01. The summed E-state index contributed by atoms with van der Waals surface area (Å²) < 4.78 is 5.25. The van der Waals surface area contributed by atoms with Gasteiger partial charge in [0.2, 0.25) is 0 Å². The monoisotopic (exact) mass is 241 g/mol. The highest BCUT2D eigenvalue weighted by molar-refractivity contribution is 5.54. The Kier molecular flexibility index (Phi) is 3.73. The number of hydrogen-bond donors (Lipinski definition) is 0. The summed E-state index contributed by atoms with van der Waals surface area (Å²) in [5.41, 5.74) is 1.47. The molecule has 2 rings (SSSR count). The van der Waals surface area contributed by atoms with Crippen molar-refractivity contribution in [2.24, 2.45) is 0 Å². The zero-order valence-electron chi connectivity index (χ0n) is 10.6. The molecule has 4 nitrogen and oxygen atoms in total. The highest BCUT2D eigenvalue weighted by Gasteiger charge is 2.13. The maximum Gasteiger partial charge on any atom is 0.257 e. The maximum atomic E-state index is 8.73. The van der Waals surface area contributed by atoms with Crippen LogP contribution >= 0.6 is 0 Å². The molecular weight excluding hydrogens is 226 g/mol. The van der Waals surface area contributed by atoms with Gasteiger partial charge in [0.1, 0.15) is 0 Å². The van der Waals surface area contributed by atoms with E-state index in [9.17, 15) is 0 Å². The van der Waals surface area contributed by atoms with Gasteiger partial charge >= 0.3 is 0 Å². The van der Waals surface area contributed by atoms with E-state index in [1.807, 2.05) is 12.1 Å². The summed E-state index contributed by atoms with van der Waals surface area (Å²) in [6.45, 7) is 4.23. The molecule has 0 amide bonds. The SMILES string of the molecule is CCCC(C)c1noc(-c2ccc(C#N)cc2)n1.